The Morgan fingerprint density at radius 2 is 1.42 bits per heavy atom. The first-order chi connectivity index (χ1) is 12.8. The van der Waals surface area contributed by atoms with Gasteiger partial charge in [0.1, 0.15) is 12.4 Å². The fourth-order valence-corrected chi connectivity index (χ4v) is 3.03. The Hall–Kier alpha value is -3.40. The van der Waals surface area contributed by atoms with Gasteiger partial charge in [0.2, 0.25) is 0 Å². The van der Waals surface area contributed by atoms with E-state index in [4.69, 9.17) is 9.47 Å². The van der Waals surface area contributed by atoms with Crippen LogP contribution in [0, 0.1) is 0 Å². The molecule has 4 aromatic rings. The summed E-state index contributed by atoms with van der Waals surface area (Å²) < 4.78 is 10.7. The average Bonchev–Trinajstić information content (AvgIpc) is 2.71. The van der Waals surface area contributed by atoms with Crippen molar-refractivity contribution < 1.29 is 14.3 Å². The first-order valence-electron chi connectivity index (χ1n) is 8.34. The van der Waals surface area contributed by atoms with Gasteiger partial charge in [0.05, 0.1) is 23.7 Å². The van der Waals surface area contributed by atoms with Gasteiger partial charge in [-0.15, -0.1) is 0 Å². The SMILES string of the molecule is COc1ccc(C(=O)OCc2c3ccccc3nc3ccccc23)cc1. The molecule has 0 aliphatic heterocycles. The Morgan fingerprint density at radius 1 is 0.846 bits per heavy atom. The van der Waals surface area contributed by atoms with E-state index in [9.17, 15) is 4.79 Å². The Bertz CT molecular complexity index is 1030. The lowest BCUT2D eigenvalue weighted by atomic mass is 10.0. The van der Waals surface area contributed by atoms with Gasteiger partial charge >= 0.3 is 5.97 Å². The monoisotopic (exact) mass is 343 g/mol. The Balaban J connectivity index is 1.68. The van der Waals surface area contributed by atoms with E-state index in [0.717, 1.165) is 27.4 Å². The van der Waals surface area contributed by atoms with Crippen molar-refractivity contribution in [3.63, 3.8) is 0 Å². The van der Waals surface area contributed by atoms with Crippen molar-refractivity contribution in [1.82, 2.24) is 4.98 Å². The van der Waals surface area contributed by atoms with Gasteiger partial charge < -0.3 is 9.47 Å². The van der Waals surface area contributed by atoms with Crippen LogP contribution in [-0.2, 0) is 11.3 Å². The zero-order valence-electron chi connectivity index (χ0n) is 14.3. The maximum absolute atomic E-state index is 12.4. The summed E-state index contributed by atoms with van der Waals surface area (Å²) in [5.41, 5.74) is 3.24. The topological polar surface area (TPSA) is 48.4 Å². The van der Waals surface area contributed by atoms with Gasteiger partial charge in [-0.1, -0.05) is 36.4 Å². The number of hydrogen-bond donors (Lipinski definition) is 0. The summed E-state index contributed by atoms with van der Waals surface area (Å²) in [4.78, 5) is 17.1. The normalized spacial score (nSPS) is 10.8. The molecule has 4 rings (SSSR count). The van der Waals surface area contributed by atoms with Gasteiger partial charge in [-0.05, 0) is 36.4 Å². The second kappa shape index (κ2) is 6.84. The number of esters is 1. The highest BCUT2D eigenvalue weighted by atomic mass is 16.5. The second-order valence-electron chi connectivity index (χ2n) is 5.93. The van der Waals surface area contributed by atoms with Crippen molar-refractivity contribution in [2.24, 2.45) is 0 Å². The maximum atomic E-state index is 12.4. The van der Waals surface area contributed by atoms with Crippen LogP contribution in [0.2, 0.25) is 0 Å². The molecule has 0 aliphatic rings. The smallest absolute Gasteiger partial charge is 0.338 e. The van der Waals surface area contributed by atoms with Gasteiger partial charge in [-0.2, -0.15) is 0 Å². The number of carbonyl (C=O) groups excluding carboxylic acids is 1. The minimum Gasteiger partial charge on any atom is -0.497 e. The quantitative estimate of drug-likeness (QED) is 0.396. The van der Waals surface area contributed by atoms with E-state index < -0.39 is 0 Å². The number of carbonyl (C=O) groups is 1. The van der Waals surface area contributed by atoms with Crippen molar-refractivity contribution in [3.05, 3.63) is 83.9 Å². The zero-order chi connectivity index (χ0) is 17.9. The number of para-hydroxylation sites is 2. The Labute approximate surface area is 151 Å². The minimum atomic E-state index is -0.363. The molecule has 0 unspecified atom stereocenters. The molecule has 0 N–H and O–H groups in total. The Kier molecular flexibility index (Phi) is 4.23. The van der Waals surface area contributed by atoms with Crippen LogP contribution in [0.1, 0.15) is 15.9 Å². The largest absolute Gasteiger partial charge is 0.497 e. The predicted octanol–water partition coefficient (Wildman–Crippen LogP) is 4.75. The van der Waals surface area contributed by atoms with Crippen LogP contribution in [0.15, 0.2) is 72.8 Å². The number of methoxy groups -OCH3 is 1. The van der Waals surface area contributed by atoms with Gasteiger partial charge in [0.25, 0.3) is 0 Å². The number of benzene rings is 3. The second-order valence-corrected chi connectivity index (χ2v) is 5.93. The fourth-order valence-electron chi connectivity index (χ4n) is 3.03. The lowest BCUT2D eigenvalue weighted by Gasteiger charge is -2.11. The lowest BCUT2D eigenvalue weighted by Crippen LogP contribution is -2.06. The molecule has 0 radical (unpaired) electrons. The van der Waals surface area contributed by atoms with Crippen LogP contribution in [0.4, 0.5) is 0 Å². The molecule has 0 saturated heterocycles. The van der Waals surface area contributed by atoms with Crippen molar-refractivity contribution in [2.75, 3.05) is 7.11 Å². The third-order valence-electron chi connectivity index (χ3n) is 4.37. The summed E-state index contributed by atoms with van der Waals surface area (Å²) in [5, 5.41) is 1.99. The summed E-state index contributed by atoms with van der Waals surface area (Å²) in [6.45, 7) is 0.189. The molecule has 1 aromatic heterocycles. The van der Waals surface area contributed by atoms with E-state index >= 15 is 0 Å². The highest BCUT2D eigenvalue weighted by molar-refractivity contribution is 5.97. The molecular weight excluding hydrogens is 326 g/mol. The lowest BCUT2D eigenvalue weighted by molar-refractivity contribution is 0.0476. The van der Waals surface area contributed by atoms with Crippen LogP contribution in [-0.4, -0.2) is 18.1 Å². The zero-order valence-corrected chi connectivity index (χ0v) is 14.3. The van der Waals surface area contributed by atoms with Crippen molar-refractivity contribution in [3.8, 4) is 5.75 Å². The summed E-state index contributed by atoms with van der Waals surface area (Å²) in [6.07, 6.45) is 0. The molecule has 0 spiro atoms. The van der Waals surface area contributed by atoms with Gasteiger partial charge in [0.15, 0.2) is 0 Å². The molecular formula is C22H17NO3. The highest BCUT2D eigenvalue weighted by Crippen LogP contribution is 2.26. The first kappa shape index (κ1) is 16.1. The van der Waals surface area contributed by atoms with Crippen molar-refractivity contribution in [2.45, 2.75) is 6.61 Å². The van der Waals surface area contributed by atoms with Crippen LogP contribution < -0.4 is 4.74 Å². The molecule has 26 heavy (non-hydrogen) atoms. The summed E-state index contributed by atoms with van der Waals surface area (Å²) in [5.74, 6) is 0.338. The van der Waals surface area contributed by atoms with Gasteiger partial charge in [-0.3, -0.25) is 0 Å². The molecule has 0 bridgehead atoms. The van der Waals surface area contributed by atoms with E-state index in [0.29, 0.717) is 11.3 Å². The number of aromatic nitrogens is 1. The average molecular weight is 343 g/mol. The van der Waals surface area contributed by atoms with E-state index in [1.165, 1.54) is 0 Å². The van der Waals surface area contributed by atoms with Crippen LogP contribution >= 0.6 is 0 Å². The molecule has 4 heteroatoms. The molecule has 1 heterocycles. The fraction of sp³-hybridized carbons (Fsp3) is 0.0909. The first-order valence-corrected chi connectivity index (χ1v) is 8.34. The number of pyridine rings is 1. The summed E-state index contributed by atoms with van der Waals surface area (Å²) in [6, 6.07) is 22.7. The molecule has 4 nitrogen and oxygen atoms in total. The van der Waals surface area contributed by atoms with Crippen molar-refractivity contribution >= 4 is 27.8 Å². The van der Waals surface area contributed by atoms with Crippen LogP contribution in [0.5, 0.6) is 5.75 Å². The minimum absolute atomic E-state index is 0.189. The molecule has 0 saturated carbocycles. The number of ether oxygens (including phenoxy) is 2. The molecule has 0 amide bonds. The summed E-state index contributed by atoms with van der Waals surface area (Å²) in [7, 11) is 1.59. The van der Waals surface area contributed by atoms with E-state index in [-0.39, 0.29) is 12.6 Å². The standard InChI is InChI=1S/C22H17NO3/c1-25-16-12-10-15(11-13-16)22(24)26-14-19-17-6-2-4-8-20(17)23-21-9-5-3-7-18(19)21/h2-13H,14H2,1H3. The molecule has 0 fully saturated rings. The van der Waals surface area contributed by atoms with E-state index in [1.807, 2.05) is 48.5 Å². The maximum Gasteiger partial charge on any atom is 0.338 e. The number of rotatable bonds is 4. The predicted molar refractivity (Wildman–Crippen MR) is 101 cm³/mol. The third-order valence-corrected chi connectivity index (χ3v) is 4.37. The van der Waals surface area contributed by atoms with Crippen LogP contribution in [0.25, 0.3) is 21.8 Å². The van der Waals surface area contributed by atoms with E-state index in [1.54, 1.807) is 31.4 Å². The molecule has 0 aliphatic carbocycles. The number of hydrogen-bond acceptors (Lipinski definition) is 4. The summed E-state index contributed by atoms with van der Waals surface area (Å²) >= 11 is 0. The van der Waals surface area contributed by atoms with E-state index in [2.05, 4.69) is 4.98 Å². The van der Waals surface area contributed by atoms with Gasteiger partial charge in [-0.25, -0.2) is 9.78 Å². The molecule has 3 aromatic carbocycles. The molecule has 128 valence electrons. The van der Waals surface area contributed by atoms with Crippen molar-refractivity contribution in [1.29, 1.82) is 0 Å². The van der Waals surface area contributed by atoms with Crippen LogP contribution in [0.3, 0.4) is 0 Å². The molecule has 0 atom stereocenters. The highest BCUT2D eigenvalue weighted by Gasteiger charge is 2.12. The van der Waals surface area contributed by atoms with Gasteiger partial charge in [0, 0.05) is 16.3 Å². The third kappa shape index (κ3) is 2.97. The Morgan fingerprint density at radius 3 is 2.00 bits per heavy atom. The number of fused-ring (bicyclic) bond motifs is 2. The number of nitrogens with zero attached hydrogens (tertiary/aromatic N) is 1.